The van der Waals surface area contributed by atoms with E-state index in [2.05, 4.69) is 10.3 Å². The second kappa shape index (κ2) is 11.4. The predicted molar refractivity (Wildman–Crippen MR) is 94.9 cm³/mol. The lowest BCUT2D eigenvalue weighted by atomic mass is 10.3. The Bertz CT molecular complexity index is 412. The first kappa shape index (κ1) is 19.8. The molecule has 0 aliphatic heterocycles. The van der Waals surface area contributed by atoms with Gasteiger partial charge in [-0.2, -0.15) is 0 Å². The molecule has 0 aliphatic rings. The Balaban J connectivity index is 0.00000400. The lowest BCUT2D eigenvalue weighted by molar-refractivity contribution is 0.179. The first-order chi connectivity index (χ1) is 9.65. The van der Waals surface area contributed by atoms with Gasteiger partial charge in [0.2, 0.25) is 0 Å². The van der Waals surface area contributed by atoms with Crippen LogP contribution in [0.2, 0.25) is 0 Å². The summed E-state index contributed by atoms with van der Waals surface area (Å²) in [6.07, 6.45) is 0. The minimum atomic E-state index is 0. The number of nitrogens with one attached hydrogen (secondary N) is 1. The average Bonchev–Trinajstić information content (AvgIpc) is 2.44. The predicted octanol–water partition coefficient (Wildman–Crippen LogP) is 1.63. The summed E-state index contributed by atoms with van der Waals surface area (Å²) in [7, 11) is 3.28. The van der Waals surface area contributed by atoms with E-state index in [0.29, 0.717) is 25.7 Å². The molecule has 0 aliphatic carbocycles. The first-order valence-electron chi connectivity index (χ1n) is 6.48. The van der Waals surface area contributed by atoms with Crippen molar-refractivity contribution in [2.45, 2.75) is 13.0 Å². The van der Waals surface area contributed by atoms with Gasteiger partial charge in [0, 0.05) is 13.2 Å². The second-order valence-electron chi connectivity index (χ2n) is 4.29. The fourth-order valence-electron chi connectivity index (χ4n) is 1.59. The van der Waals surface area contributed by atoms with Crippen molar-refractivity contribution in [1.82, 2.24) is 5.32 Å². The molecule has 0 amide bonds. The Kier molecular flexibility index (Phi) is 10.8. The number of halogens is 1. The van der Waals surface area contributed by atoms with Gasteiger partial charge >= 0.3 is 0 Å². The van der Waals surface area contributed by atoms with Gasteiger partial charge in [-0.05, 0) is 31.2 Å². The van der Waals surface area contributed by atoms with Crippen molar-refractivity contribution < 1.29 is 14.2 Å². The molecule has 0 aromatic heterocycles. The summed E-state index contributed by atoms with van der Waals surface area (Å²) in [5, 5.41) is 3.03. The maximum absolute atomic E-state index is 5.73. The maximum Gasteiger partial charge on any atom is 0.188 e. The second-order valence-corrected chi connectivity index (χ2v) is 4.29. The van der Waals surface area contributed by atoms with Gasteiger partial charge in [0.1, 0.15) is 18.1 Å². The van der Waals surface area contributed by atoms with Crippen molar-refractivity contribution in [1.29, 1.82) is 0 Å². The molecule has 3 N–H and O–H groups in total. The van der Waals surface area contributed by atoms with Crippen LogP contribution in [0.25, 0.3) is 0 Å². The molecule has 1 atom stereocenters. The third-order valence-corrected chi connectivity index (χ3v) is 2.51. The van der Waals surface area contributed by atoms with Crippen LogP contribution in [-0.2, 0) is 4.74 Å². The Morgan fingerprint density at radius 1 is 1.24 bits per heavy atom. The maximum atomic E-state index is 5.73. The van der Waals surface area contributed by atoms with Crippen LogP contribution in [0.15, 0.2) is 29.3 Å². The summed E-state index contributed by atoms with van der Waals surface area (Å²) < 4.78 is 15.6. The minimum Gasteiger partial charge on any atom is -0.497 e. The van der Waals surface area contributed by atoms with E-state index in [1.807, 2.05) is 31.2 Å². The van der Waals surface area contributed by atoms with E-state index in [4.69, 9.17) is 19.9 Å². The highest BCUT2D eigenvalue weighted by Gasteiger charge is 2.01. The minimum absolute atomic E-state index is 0. The molecule has 21 heavy (non-hydrogen) atoms. The number of guanidine groups is 1. The van der Waals surface area contributed by atoms with Crippen LogP contribution in [0, 0.1) is 0 Å². The number of hydrogen-bond donors (Lipinski definition) is 2. The molecule has 7 heteroatoms. The number of nitrogens with two attached hydrogens (primary N) is 1. The molecule has 0 saturated heterocycles. The summed E-state index contributed by atoms with van der Waals surface area (Å²) >= 11 is 0. The normalized spacial score (nSPS) is 12.2. The molecule has 6 nitrogen and oxygen atoms in total. The van der Waals surface area contributed by atoms with Crippen molar-refractivity contribution >= 4 is 29.9 Å². The van der Waals surface area contributed by atoms with Crippen LogP contribution in [0.3, 0.4) is 0 Å². The largest absolute Gasteiger partial charge is 0.497 e. The highest BCUT2D eigenvalue weighted by molar-refractivity contribution is 14.0. The monoisotopic (exact) mass is 409 g/mol. The van der Waals surface area contributed by atoms with E-state index >= 15 is 0 Å². The molecule has 120 valence electrons. The zero-order valence-corrected chi connectivity index (χ0v) is 15.0. The number of aliphatic imine (C=N–C) groups is 1. The summed E-state index contributed by atoms with van der Waals surface area (Å²) in [5.74, 6) is 1.98. The molecule has 1 aromatic rings. The summed E-state index contributed by atoms with van der Waals surface area (Å²) in [6.45, 7) is 3.51. The van der Waals surface area contributed by atoms with Gasteiger partial charge in [-0.25, -0.2) is 4.99 Å². The van der Waals surface area contributed by atoms with E-state index in [1.165, 1.54) is 0 Å². The fraction of sp³-hybridized carbons (Fsp3) is 0.500. The van der Waals surface area contributed by atoms with Crippen LogP contribution in [-0.4, -0.2) is 46.0 Å². The molecule has 1 rings (SSSR count). The molecule has 0 fully saturated rings. The Labute approximate surface area is 143 Å². The number of nitrogens with zero attached hydrogens (tertiary/aromatic N) is 1. The fourth-order valence-corrected chi connectivity index (χ4v) is 1.59. The molecule has 0 saturated carbocycles. The van der Waals surface area contributed by atoms with Crippen LogP contribution in [0.1, 0.15) is 6.92 Å². The number of methoxy groups -OCH3 is 2. The van der Waals surface area contributed by atoms with E-state index in [-0.39, 0.29) is 30.0 Å². The van der Waals surface area contributed by atoms with Crippen LogP contribution < -0.4 is 20.5 Å². The molecular formula is C14H24IN3O3. The molecule has 0 radical (unpaired) electrons. The lowest BCUT2D eigenvalue weighted by Crippen LogP contribution is -2.40. The Morgan fingerprint density at radius 3 is 2.43 bits per heavy atom. The van der Waals surface area contributed by atoms with Crippen molar-refractivity contribution in [3.05, 3.63) is 24.3 Å². The zero-order valence-electron chi connectivity index (χ0n) is 12.7. The highest BCUT2D eigenvalue weighted by Crippen LogP contribution is 2.16. The zero-order chi connectivity index (χ0) is 14.8. The highest BCUT2D eigenvalue weighted by atomic mass is 127. The van der Waals surface area contributed by atoms with Crippen LogP contribution >= 0.6 is 24.0 Å². The molecule has 0 heterocycles. The van der Waals surface area contributed by atoms with Crippen LogP contribution in [0.4, 0.5) is 0 Å². The molecule has 1 aromatic carbocycles. The van der Waals surface area contributed by atoms with Crippen molar-refractivity contribution in [2.24, 2.45) is 10.7 Å². The van der Waals surface area contributed by atoms with E-state index in [9.17, 15) is 0 Å². The van der Waals surface area contributed by atoms with Crippen molar-refractivity contribution in [2.75, 3.05) is 34.0 Å². The van der Waals surface area contributed by atoms with Crippen molar-refractivity contribution in [3.63, 3.8) is 0 Å². The summed E-state index contributed by atoms with van der Waals surface area (Å²) in [4.78, 5) is 4.17. The topological polar surface area (TPSA) is 78.1 Å². The van der Waals surface area contributed by atoms with E-state index < -0.39 is 0 Å². The third-order valence-electron chi connectivity index (χ3n) is 2.51. The molecule has 1 unspecified atom stereocenters. The Morgan fingerprint density at radius 2 is 1.86 bits per heavy atom. The van der Waals surface area contributed by atoms with Gasteiger partial charge in [0.05, 0.1) is 20.3 Å². The third kappa shape index (κ3) is 8.61. The standard InChI is InChI=1S/C14H23N3O3.HI/c1-11(10-18-2)17-14(15)16-8-9-20-13-6-4-12(19-3)5-7-13;/h4-7,11H,8-10H2,1-3H3,(H3,15,16,17);1H. The molecular weight excluding hydrogens is 385 g/mol. The van der Waals surface area contributed by atoms with Gasteiger partial charge in [0.25, 0.3) is 0 Å². The number of ether oxygens (including phenoxy) is 3. The Hall–Kier alpha value is -1.22. The van der Waals surface area contributed by atoms with Gasteiger partial charge in [-0.1, -0.05) is 0 Å². The lowest BCUT2D eigenvalue weighted by Gasteiger charge is -2.13. The SMILES string of the molecule is COCC(C)NC(N)=NCCOc1ccc(OC)cc1.I. The molecule has 0 bridgehead atoms. The van der Waals surface area contributed by atoms with Crippen LogP contribution in [0.5, 0.6) is 11.5 Å². The number of benzene rings is 1. The van der Waals surface area contributed by atoms with Gasteiger partial charge in [-0.3, -0.25) is 0 Å². The molecule has 0 spiro atoms. The smallest absolute Gasteiger partial charge is 0.188 e. The van der Waals surface area contributed by atoms with Gasteiger partial charge < -0.3 is 25.3 Å². The number of rotatable bonds is 8. The van der Waals surface area contributed by atoms with Crippen molar-refractivity contribution in [3.8, 4) is 11.5 Å². The quantitative estimate of drug-likeness (QED) is 0.296. The van der Waals surface area contributed by atoms with Gasteiger partial charge in [0.15, 0.2) is 5.96 Å². The van der Waals surface area contributed by atoms with Gasteiger partial charge in [-0.15, -0.1) is 24.0 Å². The number of hydrogen-bond acceptors (Lipinski definition) is 4. The first-order valence-corrected chi connectivity index (χ1v) is 6.48. The van der Waals surface area contributed by atoms with E-state index in [1.54, 1.807) is 14.2 Å². The summed E-state index contributed by atoms with van der Waals surface area (Å²) in [5.41, 5.74) is 5.73. The summed E-state index contributed by atoms with van der Waals surface area (Å²) in [6, 6.07) is 7.53. The van der Waals surface area contributed by atoms with E-state index in [0.717, 1.165) is 11.5 Å². The average molecular weight is 409 g/mol.